The van der Waals surface area contributed by atoms with Gasteiger partial charge in [0.2, 0.25) is 0 Å². The van der Waals surface area contributed by atoms with Crippen LogP contribution in [0.5, 0.6) is 5.75 Å². The number of nitrogens with one attached hydrogen (secondary N) is 1. The number of azo groups is 3. The highest BCUT2D eigenvalue weighted by molar-refractivity contribution is 7.94. The fourth-order valence-electron chi connectivity index (χ4n) is 5.40. The molecule has 0 bridgehead atoms. The molecule has 0 spiro atoms. The standard InChI is InChI=1S/C39H33N7O8S2/c1-22-5-13-32-27(17-22)21-36(56-54-52-50)37(38(32)47)46-43-30-11-15-35(24(3)19-30)45-42-29-10-14-34(23(2)18-29)44-41-28-8-6-26(7-9-28)39(48)40-33-16-12-31(20-25(33)4)55-53-51-49/h5-21,47,49-50H,1-4H3,(H,40,48). The van der Waals surface area contributed by atoms with Crippen molar-refractivity contribution in [3.05, 3.63) is 131 Å². The Labute approximate surface area is 328 Å². The van der Waals surface area contributed by atoms with Gasteiger partial charge < -0.3 is 10.4 Å². The normalized spacial score (nSPS) is 11.8. The molecule has 0 saturated carbocycles. The molecule has 56 heavy (non-hydrogen) atoms. The lowest BCUT2D eigenvalue weighted by molar-refractivity contribution is -0.432. The lowest BCUT2D eigenvalue weighted by Gasteiger charge is -2.09. The maximum absolute atomic E-state index is 12.8. The second-order valence-corrected chi connectivity index (χ2v) is 13.8. The molecule has 284 valence electrons. The number of hydrogen-bond acceptors (Lipinski definition) is 16. The highest BCUT2D eigenvalue weighted by Crippen LogP contribution is 2.44. The maximum Gasteiger partial charge on any atom is 0.255 e. The van der Waals surface area contributed by atoms with E-state index in [1.807, 2.05) is 45.9 Å². The number of hydrogen-bond donors (Lipinski definition) is 4. The number of anilines is 1. The predicted octanol–water partition coefficient (Wildman–Crippen LogP) is 13.1. The minimum atomic E-state index is -0.284. The fraction of sp³-hybridized carbons (Fsp3) is 0.103. The first-order chi connectivity index (χ1) is 27.1. The average molecular weight is 792 g/mol. The molecule has 0 heterocycles. The molecule has 0 saturated heterocycles. The first kappa shape index (κ1) is 39.8. The van der Waals surface area contributed by atoms with Crippen molar-refractivity contribution in [1.82, 2.24) is 0 Å². The summed E-state index contributed by atoms with van der Waals surface area (Å²) in [6.45, 7) is 7.55. The van der Waals surface area contributed by atoms with E-state index in [9.17, 15) is 9.90 Å². The minimum Gasteiger partial charge on any atom is -0.505 e. The van der Waals surface area contributed by atoms with Crippen molar-refractivity contribution in [3.63, 3.8) is 0 Å². The first-order valence-corrected chi connectivity index (χ1v) is 18.1. The predicted molar refractivity (Wildman–Crippen MR) is 212 cm³/mol. The Morgan fingerprint density at radius 2 is 1.21 bits per heavy atom. The van der Waals surface area contributed by atoms with Crippen LogP contribution < -0.4 is 5.32 Å². The van der Waals surface area contributed by atoms with Gasteiger partial charge in [-0.05, 0) is 135 Å². The quantitative estimate of drug-likeness (QED) is 0.0356. The summed E-state index contributed by atoms with van der Waals surface area (Å²) >= 11 is 1.52. The van der Waals surface area contributed by atoms with Crippen molar-refractivity contribution >= 4 is 80.6 Å². The number of aromatic hydroxyl groups is 1. The summed E-state index contributed by atoms with van der Waals surface area (Å²) in [4.78, 5) is 13.9. The Balaban J connectivity index is 1.08. The van der Waals surface area contributed by atoms with Gasteiger partial charge in [-0.2, -0.15) is 25.6 Å². The van der Waals surface area contributed by atoms with Crippen molar-refractivity contribution in [3.8, 4) is 5.75 Å². The van der Waals surface area contributed by atoms with Crippen molar-refractivity contribution in [1.29, 1.82) is 0 Å². The number of aryl methyl sites for hydroxylation is 4. The van der Waals surface area contributed by atoms with Crippen molar-refractivity contribution < 1.29 is 39.2 Å². The van der Waals surface area contributed by atoms with Gasteiger partial charge in [0, 0.05) is 21.5 Å². The van der Waals surface area contributed by atoms with Crippen LogP contribution in [0.25, 0.3) is 10.8 Å². The third kappa shape index (κ3) is 10.0. The Morgan fingerprint density at radius 3 is 1.84 bits per heavy atom. The van der Waals surface area contributed by atoms with E-state index in [4.69, 9.17) is 10.5 Å². The number of carbonyl (C=O) groups excluding carboxylic acids is 1. The second kappa shape index (κ2) is 18.6. The molecule has 6 aromatic rings. The maximum atomic E-state index is 12.8. The summed E-state index contributed by atoms with van der Waals surface area (Å²) in [5.74, 6) is -0.372. The third-order valence-corrected chi connectivity index (χ3v) is 9.46. The molecule has 1 amide bonds. The minimum absolute atomic E-state index is 0.0882. The van der Waals surface area contributed by atoms with Gasteiger partial charge >= 0.3 is 0 Å². The summed E-state index contributed by atoms with van der Waals surface area (Å²) in [5.41, 5.74) is 7.66. The van der Waals surface area contributed by atoms with Crippen LogP contribution in [0.3, 0.4) is 0 Å². The van der Waals surface area contributed by atoms with E-state index in [1.165, 1.54) is 0 Å². The molecule has 0 aliphatic heterocycles. The van der Waals surface area contributed by atoms with Crippen molar-refractivity contribution in [2.75, 3.05) is 5.32 Å². The Hall–Kier alpha value is -5.89. The number of rotatable bonds is 14. The number of nitrogens with zero attached hydrogens (tertiary/aromatic N) is 6. The molecule has 17 heteroatoms. The zero-order valence-electron chi connectivity index (χ0n) is 30.2. The van der Waals surface area contributed by atoms with E-state index >= 15 is 0 Å². The number of phenols is 1. The van der Waals surface area contributed by atoms with Crippen LogP contribution in [0, 0.1) is 27.7 Å². The van der Waals surface area contributed by atoms with E-state index in [-0.39, 0.29) is 17.3 Å². The summed E-state index contributed by atoms with van der Waals surface area (Å²) in [7, 11) is 0. The second-order valence-electron chi connectivity index (χ2n) is 12.3. The van der Waals surface area contributed by atoms with Gasteiger partial charge in [0.25, 0.3) is 5.91 Å². The zero-order chi connectivity index (χ0) is 39.6. The Kier molecular flexibility index (Phi) is 13.2. The lowest BCUT2D eigenvalue weighted by Crippen LogP contribution is -2.12. The van der Waals surface area contributed by atoms with E-state index in [0.29, 0.717) is 66.9 Å². The van der Waals surface area contributed by atoms with Gasteiger partial charge in [-0.25, -0.2) is 10.5 Å². The third-order valence-electron chi connectivity index (χ3n) is 8.27. The average Bonchev–Trinajstić information content (AvgIpc) is 3.19. The highest BCUT2D eigenvalue weighted by atomic mass is 32.2. The van der Waals surface area contributed by atoms with E-state index in [0.717, 1.165) is 39.7 Å². The molecular weight excluding hydrogens is 759 g/mol. The lowest BCUT2D eigenvalue weighted by atomic mass is 10.1. The summed E-state index contributed by atoms with van der Waals surface area (Å²) in [5, 5.41) is 65.8. The van der Waals surface area contributed by atoms with Crippen molar-refractivity contribution in [2.24, 2.45) is 30.7 Å². The van der Waals surface area contributed by atoms with E-state index < -0.39 is 0 Å². The van der Waals surface area contributed by atoms with Gasteiger partial charge in [0.15, 0.2) is 5.75 Å². The topological polar surface area (TPSA) is 201 Å². The number of phenolic OH excluding ortho intramolecular Hbond substituents is 1. The molecule has 0 atom stereocenters. The van der Waals surface area contributed by atoms with E-state index in [2.05, 4.69) is 54.7 Å². The van der Waals surface area contributed by atoms with Crippen LogP contribution in [0.2, 0.25) is 0 Å². The monoisotopic (exact) mass is 791 g/mol. The molecule has 4 N–H and O–H groups in total. The molecule has 0 aliphatic rings. The molecule has 0 radical (unpaired) electrons. The number of fused-ring (bicyclic) bond motifs is 1. The van der Waals surface area contributed by atoms with Crippen LogP contribution in [-0.4, -0.2) is 21.5 Å². The smallest absolute Gasteiger partial charge is 0.255 e. The van der Waals surface area contributed by atoms with Gasteiger partial charge in [0.1, 0.15) is 5.69 Å². The van der Waals surface area contributed by atoms with Crippen LogP contribution in [0.15, 0.2) is 144 Å². The number of benzene rings is 6. The van der Waals surface area contributed by atoms with E-state index in [1.54, 1.807) is 84.9 Å². The number of amides is 1. The van der Waals surface area contributed by atoms with Crippen LogP contribution in [-0.2, 0) is 18.7 Å². The Morgan fingerprint density at radius 1 is 0.607 bits per heavy atom. The molecule has 0 unspecified atom stereocenters. The highest BCUT2D eigenvalue weighted by Gasteiger charge is 2.16. The van der Waals surface area contributed by atoms with Gasteiger partial charge in [-0.1, -0.05) is 33.8 Å². The summed E-state index contributed by atoms with van der Waals surface area (Å²) in [6.07, 6.45) is 0. The van der Waals surface area contributed by atoms with Gasteiger partial charge in [-0.3, -0.25) is 4.79 Å². The summed E-state index contributed by atoms with van der Waals surface area (Å²) in [6, 6.07) is 30.0. The number of carbonyl (C=O) groups is 1. The van der Waals surface area contributed by atoms with Crippen molar-refractivity contribution in [2.45, 2.75) is 37.5 Å². The molecule has 0 aliphatic carbocycles. The SMILES string of the molecule is Cc1ccc2c(O)c(N=Nc3ccc(N=Nc4ccc(N=Nc5ccc(C(=O)Nc6ccc(SOOO)cc6C)cc5)c(C)c4)c(C)c3)c(SOOO)cc2c1. The molecule has 0 fully saturated rings. The largest absolute Gasteiger partial charge is 0.505 e. The molecule has 6 aromatic carbocycles. The van der Waals surface area contributed by atoms with Crippen LogP contribution >= 0.6 is 24.1 Å². The molecule has 0 aromatic heterocycles. The van der Waals surface area contributed by atoms with Crippen LogP contribution in [0.4, 0.5) is 39.8 Å². The molecule has 6 rings (SSSR count). The first-order valence-electron chi connectivity index (χ1n) is 16.7. The summed E-state index contributed by atoms with van der Waals surface area (Å²) < 4.78 is 9.08. The fourth-order valence-corrected chi connectivity index (χ4v) is 6.35. The zero-order valence-corrected chi connectivity index (χ0v) is 31.8. The Bertz CT molecular complexity index is 2480. The van der Waals surface area contributed by atoms with Crippen LogP contribution in [0.1, 0.15) is 32.6 Å². The van der Waals surface area contributed by atoms with Gasteiger partial charge in [0.05, 0.1) is 57.4 Å². The molecular formula is C39H33N7O8S2. The molecule has 15 nitrogen and oxygen atoms in total. The van der Waals surface area contributed by atoms with Gasteiger partial charge in [-0.15, -0.1) is 13.8 Å².